The first-order valence-corrected chi connectivity index (χ1v) is 48.0. The third-order valence-corrected chi connectivity index (χ3v) is 22.1. The Hall–Kier alpha value is -14.6. The normalized spacial score (nSPS) is 15.5. The van der Waals surface area contributed by atoms with Gasteiger partial charge in [0.1, 0.15) is 108 Å². The minimum Gasteiger partial charge on any atom is -0.508 e. The summed E-state index contributed by atoms with van der Waals surface area (Å²) in [7, 11) is 0. The summed E-state index contributed by atoms with van der Waals surface area (Å²) >= 11 is 0. The van der Waals surface area contributed by atoms with Crippen molar-refractivity contribution in [1.82, 2.24) is 106 Å². The van der Waals surface area contributed by atoms with Crippen molar-refractivity contribution in [3.8, 4) is 5.75 Å². The first kappa shape index (κ1) is 131. The standard InChI is InChI=1S/C91H151N25O32/c1-39(2)30-52(92)76(133)100-45(12)73(130)103-54(23-26-64(93)122)77(134)98-36-66(124)99-44(11)72(129)107-60(34-50-19-21-51(121)22-20-50)83(140)104-53(18-17-29-97-91(95)96)80(137)115-70(48(15)119)89(146)102-47(14)75(132)114-69(43(9)10)88(145)111-61(35-68(127)128)84(141)109-58(32-41(5)6)82(139)105-56(25-28-67(125)126)79(136)113-63(38-118)87(144)110-57(31-40(3)4)81(138)101-46(13)74(131)112-62(37-117)86(143)106-55(24-27-65(94)123)78(135)108-59(33-42(7)8)85(142)116-71(49(16)120)90(147)148/h19-22,39-49,52-63,69-71,117-121H,17-18,23-38,92H2,1-16H3,(H2,93,122)(H2,94,123)(H,98,134)(H,99,124)(H,100,133)(H,101,138)(H,102,146)(H,103,130)(H,104,140)(H,105,139)(H,106,143)(H,107,129)(H,108,135)(H,109,141)(H,110,144)(H,111,145)(H,112,131)(H,113,136)(H,114,132)(H,115,137)(H,116,142)(H,125,126)(H,127,128)(H,147,148)(H4,95,96,97)/t44-,45-,46-,47-,48+,49+,52-,53-,54-,55-,56-,57-,58-,59-,60-,61-,62-,63-,69-,70-,71-/m0/s1. The molecule has 1 aromatic rings. The number of carbonyl (C=O) groups is 24. The van der Waals surface area contributed by atoms with Gasteiger partial charge in [-0.1, -0.05) is 81.4 Å². The largest absolute Gasteiger partial charge is 0.508 e. The molecule has 0 aliphatic carbocycles. The molecular weight excluding hydrogens is 1960 g/mol. The van der Waals surface area contributed by atoms with Crippen molar-refractivity contribution in [2.45, 2.75) is 328 Å². The number of nitrogens with one attached hydrogen (secondary N) is 21. The van der Waals surface area contributed by atoms with Crippen LogP contribution in [0.3, 0.4) is 0 Å². The van der Waals surface area contributed by atoms with Crippen LogP contribution in [0, 0.1) is 35.0 Å². The molecule has 148 heavy (non-hydrogen) atoms. The molecule has 0 aromatic heterocycles. The highest BCUT2D eigenvalue weighted by atomic mass is 16.4. The van der Waals surface area contributed by atoms with Gasteiger partial charge in [0.2, 0.25) is 124 Å². The van der Waals surface area contributed by atoms with Gasteiger partial charge in [-0.05, 0) is 147 Å². The lowest BCUT2D eigenvalue weighted by molar-refractivity contribution is -0.145. The molecule has 832 valence electrons. The number of hydrogen-bond donors (Lipinski definition) is 33. The number of amides is 21. The SMILES string of the molecule is CC(C)C[C@H](NC(=O)[C@H](CO)NC(=O)[C@H](CCC(=O)O)NC(=O)[C@H](CC(C)C)NC(=O)[C@H](CC(=O)O)NC(=O)[C@@H](NC(=O)[C@H](C)NC(=O)[C@@H](NC(=O)[C@H](CCCNC(=N)N)NC(=O)[C@H](Cc1ccc(O)cc1)NC(=O)[C@H](C)NC(=O)CNC(=O)[C@H](CCC(N)=O)NC(=O)[C@H](C)NC(=O)[C@@H](N)CC(C)C)[C@@H](C)O)C(C)C)C(=O)N[C@@H](C)C(=O)N[C@@H](CO)C(=O)N[C@@H](CCC(N)=O)C(=O)N[C@@H](CC(C)C)C(=O)N[C@H](C(=O)O)[C@@H](C)O. The molecule has 0 radical (unpaired) electrons. The lowest BCUT2D eigenvalue weighted by atomic mass is 10.00. The van der Waals surface area contributed by atoms with E-state index in [0.717, 1.165) is 27.7 Å². The average molecular weight is 2110 g/mol. The van der Waals surface area contributed by atoms with Gasteiger partial charge in [0.25, 0.3) is 0 Å². The minimum atomic E-state index is -2.10. The summed E-state index contributed by atoms with van der Waals surface area (Å²) in [5, 5.41) is 135. The van der Waals surface area contributed by atoms with E-state index in [1.54, 1.807) is 41.5 Å². The Morgan fingerprint density at radius 2 is 0.628 bits per heavy atom. The summed E-state index contributed by atoms with van der Waals surface area (Å²) in [6.45, 7) is 19.6. The Labute approximate surface area is 854 Å². The number of nitrogens with two attached hydrogens (primary N) is 4. The predicted molar refractivity (Wildman–Crippen MR) is 523 cm³/mol. The number of phenols is 1. The van der Waals surface area contributed by atoms with Crippen LogP contribution in [-0.2, 0) is 121 Å². The number of hydrogen-bond acceptors (Lipinski definition) is 31. The zero-order chi connectivity index (χ0) is 113. The molecule has 0 heterocycles. The molecule has 21 amide bonds. The van der Waals surface area contributed by atoms with E-state index in [4.69, 9.17) is 28.3 Å². The molecule has 0 fully saturated rings. The van der Waals surface area contributed by atoms with Crippen molar-refractivity contribution < 1.29 is 156 Å². The summed E-state index contributed by atoms with van der Waals surface area (Å²) in [5.41, 5.74) is 22.4. The lowest BCUT2D eigenvalue weighted by Gasteiger charge is -2.29. The quantitative estimate of drug-likeness (QED) is 0.0164. The van der Waals surface area contributed by atoms with E-state index < -0.39 is 351 Å². The molecule has 0 unspecified atom stereocenters. The van der Waals surface area contributed by atoms with Crippen LogP contribution in [0.1, 0.15) is 200 Å². The topological polar surface area (TPSA) is 940 Å². The molecule has 37 N–H and O–H groups in total. The molecule has 21 atom stereocenters. The maximum Gasteiger partial charge on any atom is 0.328 e. The molecule has 57 nitrogen and oxygen atoms in total. The number of guanidine groups is 1. The van der Waals surface area contributed by atoms with Crippen molar-refractivity contribution in [1.29, 1.82) is 5.41 Å². The van der Waals surface area contributed by atoms with Crippen LogP contribution in [0.2, 0.25) is 0 Å². The van der Waals surface area contributed by atoms with Crippen LogP contribution in [-0.4, -0.2) is 342 Å². The highest BCUT2D eigenvalue weighted by molar-refractivity contribution is 6.03. The van der Waals surface area contributed by atoms with Crippen LogP contribution >= 0.6 is 0 Å². The minimum absolute atomic E-state index is 0.0350. The lowest BCUT2D eigenvalue weighted by Crippen LogP contribution is -2.62. The molecule has 0 spiro atoms. The highest BCUT2D eigenvalue weighted by Crippen LogP contribution is 2.18. The first-order chi connectivity index (χ1) is 68.8. The van der Waals surface area contributed by atoms with Crippen molar-refractivity contribution in [3.63, 3.8) is 0 Å². The fourth-order valence-corrected chi connectivity index (χ4v) is 14.0. The second-order valence-corrected chi connectivity index (χ2v) is 37.8. The molecule has 57 heteroatoms. The van der Waals surface area contributed by atoms with E-state index >= 15 is 0 Å². The molecule has 0 saturated carbocycles. The molecule has 1 aromatic carbocycles. The Bertz CT molecular complexity index is 4750. The van der Waals surface area contributed by atoms with Gasteiger partial charge < -0.3 is 170 Å². The van der Waals surface area contributed by atoms with E-state index in [-0.39, 0.29) is 75.5 Å². The van der Waals surface area contributed by atoms with Gasteiger partial charge in [-0.15, -0.1) is 0 Å². The maximum absolute atomic E-state index is 14.5. The van der Waals surface area contributed by atoms with Crippen LogP contribution in [0.25, 0.3) is 0 Å². The predicted octanol–water partition coefficient (Wildman–Crippen LogP) is -11.0. The summed E-state index contributed by atoms with van der Waals surface area (Å²) in [6.07, 6.45) is -9.21. The van der Waals surface area contributed by atoms with E-state index in [0.29, 0.717) is 5.56 Å². The fraction of sp³-hybridized carbons (Fsp3) is 0.659. The number of phenolic OH excluding ortho intramolecular Hbond substituents is 1. The van der Waals surface area contributed by atoms with Crippen molar-refractivity contribution >= 4 is 148 Å². The molecule has 0 saturated heterocycles. The van der Waals surface area contributed by atoms with E-state index in [1.165, 1.54) is 52.0 Å². The number of aliphatic hydroxyl groups excluding tert-OH is 4. The van der Waals surface area contributed by atoms with Crippen molar-refractivity contribution in [3.05, 3.63) is 29.8 Å². The zero-order valence-electron chi connectivity index (χ0n) is 85.7. The van der Waals surface area contributed by atoms with Gasteiger partial charge in [0, 0.05) is 32.2 Å². The smallest absolute Gasteiger partial charge is 0.328 e. The van der Waals surface area contributed by atoms with Crippen molar-refractivity contribution in [2.75, 3.05) is 26.3 Å². The van der Waals surface area contributed by atoms with Gasteiger partial charge >= 0.3 is 17.9 Å². The second kappa shape index (κ2) is 65.8. The average Bonchev–Trinajstić information content (AvgIpc) is 0.851. The van der Waals surface area contributed by atoms with Gasteiger partial charge in [-0.3, -0.25) is 116 Å². The number of benzene rings is 1. The van der Waals surface area contributed by atoms with E-state index in [1.807, 2.05) is 13.8 Å². The third-order valence-electron chi connectivity index (χ3n) is 22.1. The Balaban J connectivity index is 3.54. The van der Waals surface area contributed by atoms with Crippen LogP contribution in [0.4, 0.5) is 0 Å². The number of carboxylic acids is 3. The zero-order valence-corrected chi connectivity index (χ0v) is 85.7. The van der Waals surface area contributed by atoms with Gasteiger partial charge in [-0.25, -0.2) is 4.79 Å². The Kier molecular flexibility index (Phi) is 58.4. The summed E-state index contributed by atoms with van der Waals surface area (Å²) in [5.74, 6) is -30.9. The number of primary amides is 2. The number of rotatable bonds is 69. The summed E-state index contributed by atoms with van der Waals surface area (Å²) in [4.78, 5) is 323. The number of carbonyl (C=O) groups excluding carboxylic acids is 21. The monoisotopic (exact) mass is 2110 g/mol. The van der Waals surface area contributed by atoms with Gasteiger partial charge in [-0.2, -0.15) is 0 Å². The molecule has 0 aliphatic rings. The Morgan fingerprint density at radius 3 is 1.03 bits per heavy atom. The molecule has 0 aliphatic heterocycles. The third kappa shape index (κ3) is 50.5. The fourth-order valence-electron chi connectivity index (χ4n) is 14.0. The summed E-state index contributed by atoms with van der Waals surface area (Å²) < 4.78 is 0. The Morgan fingerprint density at radius 1 is 0.318 bits per heavy atom. The second-order valence-electron chi connectivity index (χ2n) is 37.8. The number of aliphatic hydroxyl groups is 4. The van der Waals surface area contributed by atoms with Gasteiger partial charge in [0.15, 0.2) is 12.0 Å². The van der Waals surface area contributed by atoms with Crippen LogP contribution in [0.15, 0.2) is 24.3 Å². The van der Waals surface area contributed by atoms with E-state index in [2.05, 4.69) is 106 Å². The van der Waals surface area contributed by atoms with E-state index in [9.17, 15) is 156 Å². The highest BCUT2D eigenvalue weighted by Gasteiger charge is 2.42. The first-order valence-electron chi connectivity index (χ1n) is 48.0. The summed E-state index contributed by atoms with van der Waals surface area (Å²) in [6, 6.07) is -26.6. The molecule has 0 bridgehead atoms. The molecule has 1 rings (SSSR count). The van der Waals surface area contributed by atoms with Crippen molar-refractivity contribution in [2.24, 2.45) is 52.5 Å². The van der Waals surface area contributed by atoms with Crippen LogP contribution < -0.4 is 129 Å². The molecular formula is C91H151N25O32. The number of carboxylic acid groups (broad SMARTS) is 3. The number of aromatic hydroxyl groups is 1. The number of aliphatic carboxylic acids is 3. The maximum atomic E-state index is 14.5. The van der Waals surface area contributed by atoms with Crippen LogP contribution in [0.5, 0.6) is 5.75 Å². The van der Waals surface area contributed by atoms with Gasteiger partial charge in [0.05, 0.1) is 44.4 Å².